The van der Waals surface area contributed by atoms with Crippen molar-refractivity contribution in [3.05, 3.63) is 96.2 Å². The molecule has 0 unspecified atom stereocenters. The summed E-state index contributed by atoms with van der Waals surface area (Å²) in [5.74, 6) is -0.503. The van der Waals surface area contributed by atoms with Crippen LogP contribution >= 0.6 is 0 Å². The number of nitrogens with two attached hydrogens (primary N) is 2. The molecule has 158 valence electrons. The van der Waals surface area contributed by atoms with E-state index >= 15 is 0 Å². The number of methoxy groups -OCH3 is 1. The number of benzene rings is 3. The first-order valence-electron chi connectivity index (χ1n) is 9.92. The monoisotopic (exact) mass is 423 g/mol. The van der Waals surface area contributed by atoms with E-state index < -0.39 is 11.8 Å². The molecule has 4 N–H and O–H groups in total. The van der Waals surface area contributed by atoms with E-state index in [1.165, 1.54) is 0 Å². The van der Waals surface area contributed by atoms with Crippen LogP contribution in [-0.2, 0) is 0 Å². The van der Waals surface area contributed by atoms with Crippen molar-refractivity contribution in [3.63, 3.8) is 0 Å². The highest BCUT2D eigenvalue weighted by Crippen LogP contribution is 2.36. The minimum Gasteiger partial charge on any atom is -0.481 e. The molecule has 0 saturated carbocycles. The zero-order valence-electron chi connectivity index (χ0n) is 17.4. The third-order valence-electron chi connectivity index (χ3n) is 5.24. The molecule has 0 radical (unpaired) electrons. The molecule has 1 aromatic heterocycles. The highest BCUT2D eigenvalue weighted by atomic mass is 16.5. The van der Waals surface area contributed by atoms with Gasteiger partial charge in [-0.15, -0.1) is 0 Å². The van der Waals surface area contributed by atoms with E-state index in [4.69, 9.17) is 16.2 Å². The highest BCUT2D eigenvalue weighted by Gasteiger charge is 2.16. The number of nitrogens with zero attached hydrogens (tertiary/aromatic N) is 1. The molecule has 0 aliphatic carbocycles. The zero-order valence-corrected chi connectivity index (χ0v) is 17.4. The third-order valence-corrected chi connectivity index (χ3v) is 5.24. The fourth-order valence-corrected chi connectivity index (χ4v) is 3.65. The molecule has 1 heterocycles. The summed E-state index contributed by atoms with van der Waals surface area (Å²) >= 11 is 0. The Kier molecular flexibility index (Phi) is 5.68. The van der Waals surface area contributed by atoms with Crippen molar-refractivity contribution in [3.8, 4) is 39.3 Å². The van der Waals surface area contributed by atoms with Crippen LogP contribution in [0.3, 0.4) is 0 Å². The van der Waals surface area contributed by atoms with E-state index in [2.05, 4.69) is 4.98 Å². The summed E-state index contributed by atoms with van der Waals surface area (Å²) in [6.45, 7) is 0. The number of carbonyl (C=O) groups excluding carboxylic acids is 2. The van der Waals surface area contributed by atoms with E-state index in [0.29, 0.717) is 22.6 Å². The first-order chi connectivity index (χ1) is 15.5. The van der Waals surface area contributed by atoms with Gasteiger partial charge in [0.15, 0.2) is 0 Å². The quantitative estimate of drug-likeness (QED) is 0.482. The van der Waals surface area contributed by atoms with Crippen LogP contribution in [0.25, 0.3) is 33.4 Å². The maximum atomic E-state index is 12.2. The molecule has 4 aromatic rings. The molecule has 4 rings (SSSR count). The van der Waals surface area contributed by atoms with Gasteiger partial charge in [0.2, 0.25) is 17.7 Å². The molecule has 6 nitrogen and oxygen atoms in total. The van der Waals surface area contributed by atoms with E-state index in [1.807, 2.05) is 42.5 Å². The lowest BCUT2D eigenvalue weighted by molar-refractivity contribution is 0.0992. The number of rotatable bonds is 6. The van der Waals surface area contributed by atoms with Crippen LogP contribution in [0.15, 0.2) is 85.1 Å². The second kappa shape index (κ2) is 8.73. The molecule has 32 heavy (non-hydrogen) atoms. The van der Waals surface area contributed by atoms with Crippen molar-refractivity contribution in [1.29, 1.82) is 0 Å². The molecule has 0 aliphatic rings. The smallest absolute Gasteiger partial charge is 0.249 e. The van der Waals surface area contributed by atoms with Crippen LogP contribution in [-0.4, -0.2) is 23.9 Å². The first kappa shape index (κ1) is 20.8. The lowest BCUT2D eigenvalue weighted by atomic mass is 9.90. The topological polar surface area (TPSA) is 108 Å². The Labute approximate surface area is 185 Å². The Morgan fingerprint density at radius 2 is 1.44 bits per heavy atom. The molecular formula is C26H21N3O3. The molecule has 0 aliphatic heterocycles. The van der Waals surface area contributed by atoms with E-state index in [1.54, 1.807) is 49.7 Å². The number of pyridine rings is 1. The summed E-state index contributed by atoms with van der Waals surface area (Å²) < 4.78 is 5.14. The Bertz CT molecular complexity index is 1300. The van der Waals surface area contributed by atoms with Gasteiger partial charge < -0.3 is 16.2 Å². The van der Waals surface area contributed by atoms with Crippen molar-refractivity contribution in [2.45, 2.75) is 0 Å². The second-order valence-corrected chi connectivity index (χ2v) is 7.20. The van der Waals surface area contributed by atoms with Crippen LogP contribution in [0.4, 0.5) is 0 Å². The minimum atomic E-state index is -0.516. The second-order valence-electron chi connectivity index (χ2n) is 7.20. The van der Waals surface area contributed by atoms with Gasteiger partial charge in [0, 0.05) is 34.5 Å². The van der Waals surface area contributed by atoms with Gasteiger partial charge in [-0.05, 0) is 46.5 Å². The van der Waals surface area contributed by atoms with Crippen molar-refractivity contribution in [1.82, 2.24) is 4.98 Å². The average molecular weight is 423 g/mol. The highest BCUT2D eigenvalue weighted by molar-refractivity contribution is 6.04. The van der Waals surface area contributed by atoms with Crippen LogP contribution in [0.2, 0.25) is 0 Å². The summed E-state index contributed by atoms with van der Waals surface area (Å²) in [7, 11) is 1.55. The normalized spacial score (nSPS) is 10.5. The molecule has 3 aromatic carbocycles. The number of aromatic nitrogens is 1. The Hall–Kier alpha value is -4.45. The van der Waals surface area contributed by atoms with Gasteiger partial charge in [-0.2, -0.15) is 0 Å². The van der Waals surface area contributed by atoms with Gasteiger partial charge in [0.25, 0.3) is 0 Å². The maximum absolute atomic E-state index is 12.2. The van der Waals surface area contributed by atoms with Crippen molar-refractivity contribution in [2.24, 2.45) is 11.5 Å². The first-order valence-corrected chi connectivity index (χ1v) is 9.92. The molecule has 0 spiro atoms. The van der Waals surface area contributed by atoms with Gasteiger partial charge in [-0.1, -0.05) is 48.5 Å². The molecule has 0 bridgehead atoms. The summed E-state index contributed by atoms with van der Waals surface area (Å²) in [6, 6.07) is 24.1. The molecular weight excluding hydrogens is 402 g/mol. The van der Waals surface area contributed by atoms with E-state index in [-0.39, 0.29) is 0 Å². The molecule has 2 amide bonds. The number of hydrogen-bond donors (Lipinski definition) is 2. The Morgan fingerprint density at radius 1 is 0.750 bits per heavy atom. The number of primary amides is 2. The summed E-state index contributed by atoms with van der Waals surface area (Å²) in [5.41, 5.74) is 17.0. The largest absolute Gasteiger partial charge is 0.481 e. The van der Waals surface area contributed by atoms with Gasteiger partial charge in [0.1, 0.15) is 0 Å². The number of hydrogen-bond acceptors (Lipinski definition) is 4. The molecule has 0 fully saturated rings. The molecule has 0 atom stereocenters. The SMILES string of the molecule is COc1ccc(-c2c(C(N)=O)cccc2-c2ccc(-c3cccc(C(N)=O)c3)cc2)cn1. The van der Waals surface area contributed by atoms with Gasteiger partial charge >= 0.3 is 0 Å². The Morgan fingerprint density at radius 3 is 2.06 bits per heavy atom. The van der Waals surface area contributed by atoms with Crippen LogP contribution in [0.1, 0.15) is 20.7 Å². The fraction of sp³-hybridized carbons (Fsp3) is 0.0385. The molecule has 6 heteroatoms. The standard InChI is InChI=1S/C26H21N3O3/c1-32-23-13-12-20(15-29-23)24-21(6-3-7-22(24)26(28)31)17-10-8-16(9-11-17)18-4-2-5-19(14-18)25(27)30/h2-15H,1H3,(H2,27,30)(H2,28,31). The van der Waals surface area contributed by atoms with E-state index in [0.717, 1.165) is 27.8 Å². The van der Waals surface area contributed by atoms with Crippen molar-refractivity contribution in [2.75, 3.05) is 7.11 Å². The predicted molar refractivity (Wildman–Crippen MR) is 124 cm³/mol. The van der Waals surface area contributed by atoms with Gasteiger partial charge in [-0.25, -0.2) is 4.98 Å². The van der Waals surface area contributed by atoms with Crippen molar-refractivity contribution < 1.29 is 14.3 Å². The molecule has 0 saturated heterocycles. The lowest BCUT2D eigenvalue weighted by Crippen LogP contribution is -2.13. The fourth-order valence-electron chi connectivity index (χ4n) is 3.65. The number of ether oxygens (including phenoxy) is 1. The predicted octanol–water partition coefficient (Wildman–Crippen LogP) is 4.29. The van der Waals surface area contributed by atoms with Gasteiger partial charge in [-0.3, -0.25) is 9.59 Å². The minimum absolute atomic E-state index is 0.410. The van der Waals surface area contributed by atoms with Crippen LogP contribution < -0.4 is 16.2 Å². The zero-order chi connectivity index (χ0) is 22.7. The summed E-state index contributed by atoms with van der Waals surface area (Å²) in [5, 5.41) is 0. The summed E-state index contributed by atoms with van der Waals surface area (Å²) in [4.78, 5) is 27.9. The van der Waals surface area contributed by atoms with E-state index in [9.17, 15) is 9.59 Å². The Balaban J connectivity index is 1.80. The number of amides is 2. The summed E-state index contributed by atoms with van der Waals surface area (Å²) in [6.07, 6.45) is 1.66. The average Bonchev–Trinajstić information content (AvgIpc) is 2.83. The van der Waals surface area contributed by atoms with Crippen LogP contribution in [0.5, 0.6) is 5.88 Å². The van der Waals surface area contributed by atoms with Gasteiger partial charge in [0.05, 0.1) is 7.11 Å². The lowest BCUT2D eigenvalue weighted by Gasteiger charge is -2.14. The number of carbonyl (C=O) groups is 2. The van der Waals surface area contributed by atoms with Crippen molar-refractivity contribution >= 4 is 11.8 Å². The third kappa shape index (κ3) is 4.06. The van der Waals surface area contributed by atoms with Crippen LogP contribution in [0, 0.1) is 0 Å². The maximum Gasteiger partial charge on any atom is 0.249 e.